The van der Waals surface area contributed by atoms with Gasteiger partial charge in [0.15, 0.2) is 0 Å². The summed E-state index contributed by atoms with van der Waals surface area (Å²) in [5, 5.41) is 0. The van der Waals surface area contributed by atoms with Crippen LogP contribution in [0.4, 0.5) is 0 Å². The topological polar surface area (TPSA) is 59.1 Å². The van der Waals surface area contributed by atoms with Crippen LogP contribution in [0.2, 0.25) is 0 Å². The molecule has 0 bridgehead atoms. The van der Waals surface area contributed by atoms with Crippen molar-refractivity contribution in [2.75, 3.05) is 33.4 Å². The van der Waals surface area contributed by atoms with Crippen molar-refractivity contribution in [3.63, 3.8) is 0 Å². The van der Waals surface area contributed by atoms with Crippen molar-refractivity contribution in [1.82, 2.24) is 9.80 Å². The van der Waals surface area contributed by atoms with Crippen molar-refractivity contribution >= 4 is 17.4 Å². The van der Waals surface area contributed by atoms with E-state index in [9.17, 15) is 9.59 Å². The Morgan fingerprint density at radius 3 is 2.26 bits per heavy atom. The third-order valence-corrected chi connectivity index (χ3v) is 5.31. The van der Waals surface area contributed by atoms with Gasteiger partial charge in [-0.1, -0.05) is 42.5 Å². The second kappa shape index (κ2) is 10.8. The summed E-state index contributed by atoms with van der Waals surface area (Å²) in [4.78, 5) is 30.1. The molecule has 1 heterocycles. The summed E-state index contributed by atoms with van der Waals surface area (Å²) >= 11 is 0. The molecule has 0 saturated carbocycles. The van der Waals surface area contributed by atoms with Crippen LogP contribution in [0.5, 0.6) is 5.75 Å². The summed E-state index contributed by atoms with van der Waals surface area (Å²) in [5.74, 6) is 0.200. The Hall–Kier alpha value is -3.12. The Labute approximate surface area is 184 Å². The predicted molar refractivity (Wildman–Crippen MR) is 120 cm³/mol. The molecule has 0 radical (unpaired) electrons. The average Bonchev–Trinajstić information content (AvgIpc) is 3.05. The third-order valence-electron chi connectivity index (χ3n) is 5.31. The van der Waals surface area contributed by atoms with E-state index in [2.05, 4.69) is 0 Å². The standard InChI is InChI=1S/C25H30N2O4/c1-4-26(18-19-10-7-6-8-11-19)23-22(20-12-14-21(30-3)15-13-20)24(28)27(25(23)29)16-9-17-31-5-2/h6-8,10-15H,4-5,9,16-18H2,1-3H3. The van der Waals surface area contributed by atoms with Crippen LogP contribution in [0.3, 0.4) is 0 Å². The first kappa shape index (κ1) is 22.6. The number of likely N-dealkylation sites (N-methyl/N-ethyl adjacent to an activating group) is 1. The maximum absolute atomic E-state index is 13.4. The minimum absolute atomic E-state index is 0.245. The minimum atomic E-state index is -0.256. The van der Waals surface area contributed by atoms with Gasteiger partial charge in [0, 0.05) is 32.8 Å². The van der Waals surface area contributed by atoms with Gasteiger partial charge < -0.3 is 14.4 Å². The Balaban J connectivity index is 1.97. The van der Waals surface area contributed by atoms with E-state index < -0.39 is 0 Å². The molecular weight excluding hydrogens is 392 g/mol. The van der Waals surface area contributed by atoms with Gasteiger partial charge in [0.25, 0.3) is 11.8 Å². The largest absolute Gasteiger partial charge is 0.497 e. The number of carbonyl (C=O) groups excluding carboxylic acids is 2. The van der Waals surface area contributed by atoms with Crippen LogP contribution < -0.4 is 4.74 Å². The summed E-state index contributed by atoms with van der Waals surface area (Å²) in [5.41, 5.74) is 2.70. The fourth-order valence-electron chi connectivity index (χ4n) is 3.70. The minimum Gasteiger partial charge on any atom is -0.497 e. The van der Waals surface area contributed by atoms with E-state index in [1.807, 2.05) is 73.3 Å². The van der Waals surface area contributed by atoms with Gasteiger partial charge in [-0.25, -0.2) is 0 Å². The van der Waals surface area contributed by atoms with Crippen LogP contribution in [0, 0.1) is 0 Å². The van der Waals surface area contributed by atoms with E-state index in [0.29, 0.717) is 61.9 Å². The molecule has 0 N–H and O–H groups in total. The van der Waals surface area contributed by atoms with Crippen LogP contribution in [-0.4, -0.2) is 55.0 Å². The molecule has 6 heteroatoms. The van der Waals surface area contributed by atoms with Gasteiger partial charge in [-0.3, -0.25) is 14.5 Å². The Morgan fingerprint density at radius 1 is 0.935 bits per heavy atom. The number of ether oxygens (including phenoxy) is 2. The van der Waals surface area contributed by atoms with E-state index >= 15 is 0 Å². The number of imide groups is 1. The van der Waals surface area contributed by atoms with Crippen molar-refractivity contribution in [3.8, 4) is 5.75 Å². The highest BCUT2D eigenvalue weighted by Crippen LogP contribution is 2.33. The molecule has 0 aromatic heterocycles. The lowest BCUT2D eigenvalue weighted by atomic mass is 10.0. The molecule has 1 aliphatic rings. The summed E-state index contributed by atoms with van der Waals surface area (Å²) in [6.45, 7) is 6.55. The first-order chi connectivity index (χ1) is 15.1. The highest BCUT2D eigenvalue weighted by Gasteiger charge is 2.40. The molecule has 1 aliphatic heterocycles. The van der Waals surface area contributed by atoms with Gasteiger partial charge in [0.2, 0.25) is 0 Å². The molecule has 0 saturated heterocycles. The van der Waals surface area contributed by atoms with Gasteiger partial charge >= 0.3 is 0 Å². The van der Waals surface area contributed by atoms with Crippen molar-refractivity contribution in [3.05, 3.63) is 71.4 Å². The Morgan fingerprint density at radius 2 is 1.65 bits per heavy atom. The van der Waals surface area contributed by atoms with Crippen molar-refractivity contribution in [2.45, 2.75) is 26.8 Å². The third kappa shape index (κ3) is 5.14. The monoisotopic (exact) mass is 422 g/mol. The molecule has 0 atom stereocenters. The molecule has 3 rings (SSSR count). The molecule has 0 fully saturated rings. The molecule has 2 aromatic carbocycles. The maximum atomic E-state index is 13.4. The maximum Gasteiger partial charge on any atom is 0.277 e. The SMILES string of the molecule is CCOCCCN1C(=O)C(c2ccc(OC)cc2)=C(N(CC)Cc2ccccc2)C1=O. The van der Waals surface area contributed by atoms with E-state index in [4.69, 9.17) is 9.47 Å². The first-order valence-electron chi connectivity index (χ1n) is 10.7. The molecule has 164 valence electrons. The van der Waals surface area contributed by atoms with Crippen molar-refractivity contribution in [2.24, 2.45) is 0 Å². The predicted octanol–water partition coefficient (Wildman–Crippen LogP) is 3.72. The number of rotatable bonds is 11. The molecule has 0 aliphatic carbocycles. The van der Waals surface area contributed by atoms with Gasteiger partial charge in [0.05, 0.1) is 12.7 Å². The molecular formula is C25H30N2O4. The number of nitrogens with zero attached hydrogens (tertiary/aromatic N) is 2. The van der Waals surface area contributed by atoms with Gasteiger partial charge in [-0.05, 0) is 43.5 Å². The Bertz CT molecular complexity index is 922. The smallest absolute Gasteiger partial charge is 0.277 e. The second-order valence-corrected chi connectivity index (χ2v) is 7.26. The van der Waals surface area contributed by atoms with Crippen molar-refractivity contribution < 1.29 is 19.1 Å². The summed E-state index contributed by atoms with van der Waals surface area (Å²) in [6, 6.07) is 17.2. The van der Waals surface area contributed by atoms with Gasteiger partial charge in [-0.15, -0.1) is 0 Å². The number of hydrogen-bond acceptors (Lipinski definition) is 5. The van der Waals surface area contributed by atoms with E-state index in [1.54, 1.807) is 7.11 Å². The molecule has 6 nitrogen and oxygen atoms in total. The zero-order valence-electron chi connectivity index (χ0n) is 18.5. The number of amides is 2. The molecule has 0 spiro atoms. The molecule has 31 heavy (non-hydrogen) atoms. The van der Waals surface area contributed by atoms with Crippen molar-refractivity contribution in [1.29, 1.82) is 0 Å². The van der Waals surface area contributed by atoms with Gasteiger partial charge in [-0.2, -0.15) is 0 Å². The van der Waals surface area contributed by atoms with Crippen LogP contribution in [0.15, 0.2) is 60.3 Å². The van der Waals surface area contributed by atoms with Crippen LogP contribution in [-0.2, 0) is 20.9 Å². The molecule has 2 amide bonds. The number of carbonyl (C=O) groups is 2. The molecule has 2 aromatic rings. The second-order valence-electron chi connectivity index (χ2n) is 7.26. The van der Waals surface area contributed by atoms with Crippen LogP contribution >= 0.6 is 0 Å². The highest BCUT2D eigenvalue weighted by molar-refractivity contribution is 6.35. The zero-order chi connectivity index (χ0) is 22.2. The lowest BCUT2D eigenvalue weighted by Crippen LogP contribution is -2.36. The summed E-state index contributed by atoms with van der Waals surface area (Å²) in [7, 11) is 1.60. The summed E-state index contributed by atoms with van der Waals surface area (Å²) < 4.78 is 10.6. The quantitative estimate of drug-likeness (QED) is 0.408. The van der Waals surface area contributed by atoms with Crippen LogP contribution in [0.1, 0.15) is 31.4 Å². The fourth-order valence-corrected chi connectivity index (χ4v) is 3.70. The lowest BCUT2D eigenvalue weighted by molar-refractivity contribution is -0.137. The van der Waals surface area contributed by atoms with E-state index in [-0.39, 0.29) is 11.8 Å². The zero-order valence-corrected chi connectivity index (χ0v) is 18.5. The van der Waals surface area contributed by atoms with Gasteiger partial charge in [0.1, 0.15) is 11.4 Å². The number of benzene rings is 2. The number of hydrogen-bond donors (Lipinski definition) is 0. The number of methoxy groups -OCH3 is 1. The highest BCUT2D eigenvalue weighted by atomic mass is 16.5. The first-order valence-corrected chi connectivity index (χ1v) is 10.7. The van der Waals surface area contributed by atoms with E-state index in [0.717, 1.165) is 5.56 Å². The lowest BCUT2D eigenvalue weighted by Gasteiger charge is -2.25. The average molecular weight is 423 g/mol. The van der Waals surface area contributed by atoms with E-state index in [1.165, 1.54) is 4.90 Å². The normalized spacial score (nSPS) is 13.8. The molecule has 0 unspecified atom stereocenters. The fraction of sp³-hybridized carbons (Fsp3) is 0.360. The summed E-state index contributed by atoms with van der Waals surface area (Å²) in [6.07, 6.45) is 0.610. The van der Waals surface area contributed by atoms with Crippen LogP contribution in [0.25, 0.3) is 5.57 Å². The Kier molecular flexibility index (Phi) is 7.84.